The van der Waals surface area contributed by atoms with Gasteiger partial charge in [-0.3, -0.25) is 9.69 Å². The number of nitrogens with zero attached hydrogens (tertiary/aromatic N) is 2. The zero-order valence-corrected chi connectivity index (χ0v) is 9.93. The van der Waals surface area contributed by atoms with Crippen molar-refractivity contribution in [2.45, 2.75) is 19.3 Å². The molecule has 0 saturated carbocycles. The van der Waals surface area contributed by atoms with E-state index in [-0.39, 0.29) is 5.91 Å². The van der Waals surface area contributed by atoms with E-state index >= 15 is 0 Å². The molecule has 1 amide bonds. The average molecular weight is 232 g/mol. The summed E-state index contributed by atoms with van der Waals surface area (Å²) in [6.07, 6.45) is 7.76. The molecule has 1 aromatic rings. The van der Waals surface area contributed by atoms with E-state index in [4.69, 9.17) is 4.74 Å². The molecular formula is C13H16N2O2. The summed E-state index contributed by atoms with van der Waals surface area (Å²) in [5.74, 6) is 0.882. The third kappa shape index (κ3) is 2.64. The van der Waals surface area contributed by atoms with Gasteiger partial charge in [-0.1, -0.05) is 0 Å². The van der Waals surface area contributed by atoms with E-state index in [0.717, 1.165) is 30.8 Å². The quantitative estimate of drug-likeness (QED) is 0.750. The van der Waals surface area contributed by atoms with E-state index in [0.29, 0.717) is 6.42 Å². The molecule has 0 N–H and O–H groups in total. The minimum Gasteiger partial charge on any atom is -0.504 e. The van der Waals surface area contributed by atoms with E-state index in [1.54, 1.807) is 24.5 Å². The first-order chi connectivity index (χ1) is 8.33. The third-order valence-electron chi connectivity index (χ3n) is 2.78. The number of ether oxygens (including phenoxy) is 1. The lowest BCUT2D eigenvalue weighted by molar-refractivity contribution is -0.119. The molecule has 0 aliphatic carbocycles. The molecule has 1 saturated heterocycles. The van der Waals surface area contributed by atoms with Crippen LogP contribution in [0.25, 0.3) is 6.08 Å². The third-order valence-corrected chi connectivity index (χ3v) is 2.78. The molecule has 0 bridgehead atoms. The maximum Gasteiger partial charge on any atom is 0.228 e. The average Bonchev–Trinajstić information content (AvgIpc) is 2.37. The number of hydrogen-bond donors (Lipinski definition) is 0. The molecule has 1 aromatic heterocycles. The number of methoxy groups -OCH3 is 1. The van der Waals surface area contributed by atoms with Crippen LogP contribution in [0.3, 0.4) is 0 Å². The lowest BCUT2D eigenvalue weighted by Crippen LogP contribution is -2.36. The second-order valence-electron chi connectivity index (χ2n) is 3.96. The van der Waals surface area contributed by atoms with Gasteiger partial charge in [-0.2, -0.15) is 0 Å². The van der Waals surface area contributed by atoms with Crippen molar-refractivity contribution in [1.29, 1.82) is 0 Å². The van der Waals surface area contributed by atoms with Crippen LogP contribution in [-0.2, 0) is 9.53 Å². The van der Waals surface area contributed by atoms with Crippen LogP contribution in [0.1, 0.15) is 24.8 Å². The summed E-state index contributed by atoms with van der Waals surface area (Å²) in [6, 6.07) is 3.78. The van der Waals surface area contributed by atoms with Gasteiger partial charge in [0.15, 0.2) is 0 Å². The summed E-state index contributed by atoms with van der Waals surface area (Å²) in [6.45, 7) is 0.754. The molecule has 2 heterocycles. The van der Waals surface area contributed by atoms with Crippen LogP contribution >= 0.6 is 0 Å². The molecule has 4 nitrogen and oxygen atoms in total. The molecule has 0 unspecified atom stereocenters. The largest absolute Gasteiger partial charge is 0.504 e. The highest BCUT2D eigenvalue weighted by molar-refractivity contribution is 5.94. The Balaban J connectivity index is 2.30. The number of pyridine rings is 1. The van der Waals surface area contributed by atoms with Crippen LogP contribution in [0, 0.1) is 0 Å². The number of carbonyl (C=O) groups is 1. The van der Waals surface area contributed by atoms with Gasteiger partial charge in [0, 0.05) is 24.7 Å². The Labute approximate surface area is 101 Å². The number of aromatic nitrogens is 1. The SMILES string of the molecule is COC=Cc1cccnc1N1CCCCC1=O. The summed E-state index contributed by atoms with van der Waals surface area (Å²) < 4.78 is 4.90. The lowest BCUT2D eigenvalue weighted by Gasteiger charge is -2.26. The van der Waals surface area contributed by atoms with Gasteiger partial charge in [-0.05, 0) is 31.1 Å². The number of piperidine rings is 1. The van der Waals surface area contributed by atoms with Gasteiger partial charge < -0.3 is 4.74 Å². The minimum absolute atomic E-state index is 0.155. The molecule has 17 heavy (non-hydrogen) atoms. The maximum absolute atomic E-state index is 11.9. The molecule has 0 radical (unpaired) electrons. The van der Waals surface area contributed by atoms with Gasteiger partial charge in [-0.25, -0.2) is 4.98 Å². The summed E-state index contributed by atoms with van der Waals surface area (Å²) in [4.78, 5) is 17.9. The standard InChI is InChI=1S/C13H16N2O2/c1-17-10-7-11-5-4-8-14-13(11)15-9-3-2-6-12(15)16/h4-5,7-8,10H,2-3,6,9H2,1H3. The van der Waals surface area contributed by atoms with Crippen LogP contribution in [-0.4, -0.2) is 24.5 Å². The molecule has 4 heteroatoms. The summed E-state index contributed by atoms with van der Waals surface area (Å²) >= 11 is 0. The Morgan fingerprint density at radius 1 is 1.47 bits per heavy atom. The van der Waals surface area contributed by atoms with Crippen LogP contribution < -0.4 is 4.90 Å². The second-order valence-corrected chi connectivity index (χ2v) is 3.96. The smallest absolute Gasteiger partial charge is 0.228 e. The number of hydrogen-bond acceptors (Lipinski definition) is 3. The predicted molar refractivity (Wildman–Crippen MR) is 66.5 cm³/mol. The summed E-state index contributed by atoms with van der Waals surface area (Å²) in [5.41, 5.74) is 0.907. The summed E-state index contributed by atoms with van der Waals surface area (Å²) in [7, 11) is 1.60. The van der Waals surface area contributed by atoms with Gasteiger partial charge in [-0.15, -0.1) is 0 Å². The van der Waals surface area contributed by atoms with Crippen LogP contribution in [0.5, 0.6) is 0 Å². The van der Waals surface area contributed by atoms with Crippen molar-refractivity contribution in [3.63, 3.8) is 0 Å². The highest BCUT2D eigenvalue weighted by atomic mass is 16.5. The van der Waals surface area contributed by atoms with Crippen molar-refractivity contribution in [2.75, 3.05) is 18.6 Å². The second kappa shape index (κ2) is 5.48. The van der Waals surface area contributed by atoms with Crippen molar-refractivity contribution in [2.24, 2.45) is 0 Å². The number of carbonyl (C=O) groups excluding carboxylic acids is 1. The van der Waals surface area contributed by atoms with E-state index in [1.165, 1.54) is 0 Å². The first-order valence-electron chi connectivity index (χ1n) is 5.77. The van der Waals surface area contributed by atoms with Crippen molar-refractivity contribution in [3.8, 4) is 0 Å². The summed E-state index contributed by atoms with van der Waals surface area (Å²) in [5, 5.41) is 0. The Morgan fingerprint density at radius 3 is 3.12 bits per heavy atom. The van der Waals surface area contributed by atoms with Crippen LogP contribution in [0.15, 0.2) is 24.6 Å². The highest BCUT2D eigenvalue weighted by Gasteiger charge is 2.22. The Hall–Kier alpha value is -1.84. The fourth-order valence-electron chi connectivity index (χ4n) is 1.94. The topological polar surface area (TPSA) is 42.4 Å². The highest BCUT2D eigenvalue weighted by Crippen LogP contribution is 2.23. The monoisotopic (exact) mass is 232 g/mol. The minimum atomic E-state index is 0.155. The van der Waals surface area contributed by atoms with Crippen LogP contribution in [0.4, 0.5) is 5.82 Å². The fraction of sp³-hybridized carbons (Fsp3) is 0.385. The lowest BCUT2D eigenvalue weighted by atomic mass is 10.1. The first-order valence-corrected chi connectivity index (χ1v) is 5.77. The van der Waals surface area contributed by atoms with Gasteiger partial charge >= 0.3 is 0 Å². The maximum atomic E-state index is 11.9. The van der Waals surface area contributed by atoms with E-state index in [9.17, 15) is 4.79 Å². The van der Waals surface area contributed by atoms with Crippen molar-refractivity contribution in [1.82, 2.24) is 4.98 Å². The first kappa shape index (κ1) is 11.6. The van der Waals surface area contributed by atoms with Crippen LogP contribution in [0.2, 0.25) is 0 Å². The van der Waals surface area contributed by atoms with Gasteiger partial charge in [0.05, 0.1) is 13.4 Å². The van der Waals surface area contributed by atoms with Crippen molar-refractivity contribution in [3.05, 3.63) is 30.2 Å². The molecule has 0 spiro atoms. The zero-order valence-electron chi connectivity index (χ0n) is 9.93. The number of amides is 1. The molecular weight excluding hydrogens is 216 g/mol. The normalized spacial score (nSPS) is 16.5. The molecule has 0 aromatic carbocycles. The van der Waals surface area contributed by atoms with Gasteiger partial charge in [0.1, 0.15) is 5.82 Å². The molecule has 1 aliphatic heterocycles. The molecule has 0 atom stereocenters. The molecule has 2 rings (SSSR count). The van der Waals surface area contributed by atoms with E-state index in [1.807, 2.05) is 18.2 Å². The van der Waals surface area contributed by atoms with Crippen molar-refractivity contribution < 1.29 is 9.53 Å². The Kier molecular flexibility index (Phi) is 3.75. The van der Waals surface area contributed by atoms with Crippen molar-refractivity contribution >= 4 is 17.8 Å². The fourth-order valence-corrected chi connectivity index (χ4v) is 1.94. The Bertz CT molecular complexity index is 429. The molecule has 1 aliphatic rings. The zero-order chi connectivity index (χ0) is 12.1. The van der Waals surface area contributed by atoms with Gasteiger partial charge in [0.2, 0.25) is 5.91 Å². The number of rotatable bonds is 3. The molecule has 1 fully saturated rings. The predicted octanol–water partition coefficient (Wildman–Crippen LogP) is 2.22. The number of anilines is 1. The Morgan fingerprint density at radius 2 is 2.35 bits per heavy atom. The molecule has 90 valence electrons. The van der Waals surface area contributed by atoms with E-state index in [2.05, 4.69) is 4.98 Å². The van der Waals surface area contributed by atoms with E-state index < -0.39 is 0 Å². The van der Waals surface area contributed by atoms with Gasteiger partial charge in [0.25, 0.3) is 0 Å².